The van der Waals surface area contributed by atoms with Crippen LogP contribution in [-0.4, -0.2) is 61.3 Å². The summed E-state index contributed by atoms with van der Waals surface area (Å²) in [5, 5.41) is 0. The summed E-state index contributed by atoms with van der Waals surface area (Å²) in [4.78, 5) is 5.35. The molecule has 2 heterocycles. The van der Waals surface area contributed by atoms with Crippen LogP contribution in [0.1, 0.15) is 33.1 Å². The highest BCUT2D eigenvalue weighted by Crippen LogP contribution is 2.25. The van der Waals surface area contributed by atoms with Crippen LogP contribution in [0.15, 0.2) is 0 Å². The first-order valence-corrected chi connectivity index (χ1v) is 6.75. The van der Waals surface area contributed by atoms with Gasteiger partial charge in [0.1, 0.15) is 0 Å². The van der Waals surface area contributed by atoms with Crippen LogP contribution in [0.5, 0.6) is 0 Å². The van der Waals surface area contributed by atoms with Crippen molar-refractivity contribution < 1.29 is 4.74 Å². The van der Waals surface area contributed by atoms with Crippen LogP contribution in [0.4, 0.5) is 0 Å². The topological polar surface area (TPSA) is 15.7 Å². The molecular formula is C13H26N2O. The van der Waals surface area contributed by atoms with Gasteiger partial charge in [-0.1, -0.05) is 6.92 Å². The van der Waals surface area contributed by atoms with E-state index in [1.807, 2.05) is 7.11 Å². The minimum Gasteiger partial charge on any atom is -0.380 e. The molecule has 0 aromatic heterocycles. The fourth-order valence-electron chi connectivity index (χ4n) is 3.16. The Kier molecular flexibility index (Phi) is 4.22. The Hall–Kier alpha value is -0.120. The van der Waals surface area contributed by atoms with E-state index in [4.69, 9.17) is 4.74 Å². The summed E-state index contributed by atoms with van der Waals surface area (Å²) < 4.78 is 5.40. The molecule has 2 rings (SSSR count). The van der Waals surface area contributed by atoms with Crippen LogP contribution in [0.3, 0.4) is 0 Å². The second-order valence-corrected chi connectivity index (χ2v) is 5.35. The van der Waals surface area contributed by atoms with Crippen LogP contribution in [-0.2, 0) is 4.74 Å². The predicted molar refractivity (Wildman–Crippen MR) is 66.7 cm³/mol. The summed E-state index contributed by atoms with van der Waals surface area (Å²) >= 11 is 0. The third kappa shape index (κ3) is 2.58. The van der Waals surface area contributed by atoms with Crippen molar-refractivity contribution in [2.45, 2.75) is 51.3 Å². The smallest absolute Gasteiger partial charge is 0.0670 e. The fraction of sp³-hybridized carbons (Fsp3) is 1.00. The maximum absolute atomic E-state index is 5.40. The first kappa shape index (κ1) is 12.3. The summed E-state index contributed by atoms with van der Waals surface area (Å²) in [6.45, 7) is 9.44. The van der Waals surface area contributed by atoms with E-state index in [2.05, 4.69) is 23.6 Å². The Labute approximate surface area is 99.7 Å². The maximum atomic E-state index is 5.40. The fourth-order valence-corrected chi connectivity index (χ4v) is 3.16. The lowest BCUT2D eigenvalue weighted by Gasteiger charge is -2.44. The van der Waals surface area contributed by atoms with E-state index in [-0.39, 0.29) is 0 Å². The molecule has 2 aliphatic rings. The van der Waals surface area contributed by atoms with Crippen molar-refractivity contribution >= 4 is 0 Å². The van der Waals surface area contributed by atoms with E-state index in [9.17, 15) is 0 Å². The van der Waals surface area contributed by atoms with Gasteiger partial charge in [-0.2, -0.15) is 0 Å². The maximum Gasteiger partial charge on any atom is 0.0670 e. The van der Waals surface area contributed by atoms with Gasteiger partial charge in [0.05, 0.1) is 6.10 Å². The Morgan fingerprint density at radius 2 is 2.19 bits per heavy atom. The number of fused-ring (bicyclic) bond motifs is 1. The molecule has 16 heavy (non-hydrogen) atoms. The van der Waals surface area contributed by atoms with Gasteiger partial charge >= 0.3 is 0 Å². The van der Waals surface area contributed by atoms with Gasteiger partial charge in [0.15, 0.2) is 0 Å². The summed E-state index contributed by atoms with van der Waals surface area (Å²) in [6.07, 6.45) is 4.42. The minimum atomic E-state index is 0.363. The summed E-state index contributed by atoms with van der Waals surface area (Å²) in [5.41, 5.74) is 0. The SMILES string of the molecule is CCC1CN2CCCC2CN1CC(C)OC. The molecule has 0 amide bonds. The van der Waals surface area contributed by atoms with Gasteiger partial charge in [0.25, 0.3) is 0 Å². The summed E-state index contributed by atoms with van der Waals surface area (Å²) in [5.74, 6) is 0. The molecule has 3 nitrogen and oxygen atoms in total. The van der Waals surface area contributed by atoms with Crippen LogP contribution < -0.4 is 0 Å². The van der Waals surface area contributed by atoms with Gasteiger partial charge in [0.2, 0.25) is 0 Å². The lowest BCUT2D eigenvalue weighted by Crippen LogP contribution is -2.57. The zero-order valence-electron chi connectivity index (χ0n) is 11.0. The van der Waals surface area contributed by atoms with Gasteiger partial charge in [0, 0.05) is 38.8 Å². The van der Waals surface area contributed by atoms with Crippen molar-refractivity contribution in [1.29, 1.82) is 0 Å². The number of methoxy groups -OCH3 is 1. The van der Waals surface area contributed by atoms with E-state index in [1.54, 1.807) is 0 Å². The van der Waals surface area contributed by atoms with Crippen molar-refractivity contribution in [3.63, 3.8) is 0 Å². The molecule has 3 heteroatoms. The number of hydrogen-bond donors (Lipinski definition) is 0. The molecule has 3 atom stereocenters. The standard InChI is InChI=1S/C13H26N2O/c1-4-12-9-14-7-5-6-13(14)10-15(12)8-11(2)16-3/h11-13H,4-10H2,1-3H3. The van der Waals surface area contributed by atoms with Crippen molar-refractivity contribution in [1.82, 2.24) is 9.80 Å². The van der Waals surface area contributed by atoms with Crippen molar-refractivity contribution in [3.8, 4) is 0 Å². The second kappa shape index (κ2) is 5.48. The average molecular weight is 226 g/mol. The highest BCUT2D eigenvalue weighted by atomic mass is 16.5. The number of hydrogen-bond acceptors (Lipinski definition) is 3. The molecule has 2 aliphatic heterocycles. The van der Waals surface area contributed by atoms with Crippen molar-refractivity contribution in [3.05, 3.63) is 0 Å². The Bertz CT molecular complexity index is 222. The molecule has 0 aromatic rings. The van der Waals surface area contributed by atoms with E-state index in [0.717, 1.165) is 18.6 Å². The van der Waals surface area contributed by atoms with Gasteiger partial charge < -0.3 is 4.74 Å². The number of piperazine rings is 1. The highest BCUT2D eigenvalue weighted by molar-refractivity contribution is 4.92. The lowest BCUT2D eigenvalue weighted by molar-refractivity contribution is 0.00636. The van der Waals surface area contributed by atoms with Crippen molar-refractivity contribution in [2.24, 2.45) is 0 Å². The predicted octanol–water partition coefficient (Wildman–Crippen LogP) is 1.58. The normalized spacial score (nSPS) is 33.9. The Balaban J connectivity index is 1.94. The summed E-state index contributed by atoms with van der Waals surface area (Å²) in [6, 6.07) is 1.57. The van der Waals surface area contributed by atoms with E-state index in [1.165, 1.54) is 38.9 Å². The number of rotatable bonds is 4. The Morgan fingerprint density at radius 3 is 2.88 bits per heavy atom. The zero-order valence-corrected chi connectivity index (χ0v) is 11.0. The average Bonchev–Trinajstić information content (AvgIpc) is 2.74. The molecule has 2 saturated heterocycles. The molecule has 0 bridgehead atoms. The first-order valence-electron chi connectivity index (χ1n) is 6.75. The molecule has 0 N–H and O–H groups in total. The first-order chi connectivity index (χ1) is 7.74. The zero-order chi connectivity index (χ0) is 11.5. The largest absolute Gasteiger partial charge is 0.380 e. The molecule has 94 valence electrons. The van der Waals surface area contributed by atoms with Gasteiger partial charge in [-0.15, -0.1) is 0 Å². The van der Waals surface area contributed by atoms with E-state index in [0.29, 0.717) is 6.10 Å². The van der Waals surface area contributed by atoms with Crippen LogP contribution >= 0.6 is 0 Å². The van der Waals surface area contributed by atoms with Crippen LogP contribution in [0.2, 0.25) is 0 Å². The molecule has 0 spiro atoms. The molecule has 3 unspecified atom stereocenters. The quantitative estimate of drug-likeness (QED) is 0.724. The second-order valence-electron chi connectivity index (χ2n) is 5.35. The third-order valence-corrected chi connectivity index (χ3v) is 4.27. The molecule has 2 fully saturated rings. The van der Waals surface area contributed by atoms with Gasteiger partial charge in [-0.25, -0.2) is 0 Å². The Morgan fingerprint density at radius 1 is 1.38 bits per heavy atom. The molecule has 0 aliphatic carbocycles. The van der Waals surface area contributed by atoms with Crippen molar-refractivity contribution in [2.75, 3.05) is 33.3 Å². The molecule has 0 saturated carbocycles. The molecular weight excluding hydrogens is 200 g/mol. The monoisotopic (exact) mass is 226 g/mol. The highest BCUT2D eigenvalue weighted by Gasteiger charge is 2.35. The van der Waals surface area contributed by atoms with Crippen LogP contribution in [0, 0.1) is 0 Å². The van der Waals surface area contributed by atoms with Gasteiger partial charge in [-0.05, 0) is 32.7 Å². The van der Waals surface area contributed by atoms with Gasteiger partial charge in [-0.3, -0.25) is 9.80 Å². The number of nitrogens with zero attached hydrogens (tertiary/aromatic N) is 2. The molecule has 0 radical (unpaired) electrons. The minimum absolute atomic E-state index is 0.363. The van der Waals surface area contributed by atoms with E-state index >= 15 is 0 Å². The number of ether oxygens (including phenoxy) is 1. The molecule has 0 aromatic carbocycles. The third-order valence-electron chi connectivity index (χ3n) is 4.27. The van der Waals surface area contributed by atoms with Crippen LogP contribution in [0.25, 0.3) is 0 Å². The van der Waals surface area contributed by atoms with E-state index < -0.39 is 0 Å². The lowest BCUT2D eigenvalue weighted by atomic mass is 10.0. The summed E-state index contributed by atoms with van der Waals surface area (Å²) in [7, 11) is 1.82.